The van der Waals surface area contributed by atoms with Crippen LogP contribution in [0.2, 0.25) is 0 Å². The highest BCUT2D eigenvalue weighted by atomic mass is 15.2. The van der Waals surface area contributed by atoms with Crippen LogP contribution in [0.5, 0.6) is 0 Å². The fourth-order valence-electron chi connectivity index (χ4n) is 18.9. The van der Waals surface area contributed by atoms with E-state index in [1.54, 1.807) is 0 Å². The lowest BCUT2D eigenvalue weighted by molar-refractivity contribution is 1.28. The van der Waals surface area contributed by atoms with Crippen LogP contribution in [0.1, 0.15) is 0 Å². The first-order chi connectivity index (χ1) is 57.5. The van der Waals surface area contributed by atoms with Gasteiger partial charge in [0.25, 0.3) is 0 Å². The molecule has 0 aliphatic heterocycles. The Kier molecular flexibility index (Phi) is 15.6. The second kappa shape index (κ2) is 27.2. The van der Waals surface area contributed by atoms with Crippen molar-refractivity contribution in [2.75, 3.05) is 19.6 Å². The SMILES string of the molecule is c1ccc(N(c2ccc(-c3ccc(N(c4ccccc4)c4cc5ccc6cccc7ccc(c4)c5c67)cc3)cc2)c2cc3ccc4cccc5ccc(c2)c3c45)cc1.c1ccc(N(c2ccc(-c3ccc(N(c4ccccc4)c4ccc5c(c4)-c4cccc6cccc-5c46)cc3)cc2)c2ccc3c(c2)-c2cccc4cccc-3c24)cc1. The van der Waals surface area contributed by atoms with E-state index in [1.165, 1.54) is 153 Å². The average Bonchev–Trinajstić information content (AvgIpc) is 1.72. The molecular formula is C112H72N4. The number of fused-ring (bicyclic) bond motifs is 6. The van der Waals surface area contributed by atoms with Gasteiger partial charge in [-0.3, -0.25) is 0 Å². The molecule has 0 bridgehead atoms. The Morgan fingerprint density at radius 2 is 0.310 bits per heavy atom. The summed E-state index contributed by atoms with van der Waals surface area (Å²) in [5.74, 6) is 0. The van der Waals surface area contributed by atoms with Crippen LogP contribution in [-0.4, -0.2) is 0 Å². The van der Waals surface area contributed by atoms with Crippen molar-refractivity contribution in [1.29, 1.82) is 0 Å². The maximum atomic E-state index is 2.37. The number of nitrogens with zero attached hydrogens (tertiary/aromatic N) is 4. The van der Waals surface area contributed by atoms with E-state index in [2.05, 4.69) is 456 Å². The molecule has 0 N–H and O–H groups in total. The van der Waals surface area contributed by atoms with Crippen molar-refractivity contribution >= 4 is 154 Å². The Hall–Kier alpha value is -15.4. The Labute approximate surface area is 673 Å². The average molecular weight is 1470 g/mol. The van der Waals surface area contributed by atoms with Crippen LogP contribution >= 0.6 is 0 Å². The van der Waals surface area contributed by atoms with Crippen molar-refractivity contribution in [3.8, 4) is 66.8 Å². The molecule has 0 heterocycles. The lowest BCUT2D eigenvalue weighted by Gasteiger charge is -2.27. The van der Waals surface area contributed by atoms with E-state index < -0.39 is 0 Å². The molecule has 2 aliphatic carbocycles. The predicted molar refractivity (Wildman–Crippen MR) is 494 cm³/mol. The third kappa shape index (κ3) is 11.1. The molecule has 0 fully saturated rings. The molecule has 0 saturated heterocycles. The van der Waals surface area contributed by atoms with Gasteiger partial charge < -0.3 is 19.6 Å². The third-order valence-corrected chi connectivity index (χ3v) is 24.1. The second-order valence-corrected chi connectivity index (χ2v) is 30.7. The van der Waals surface area contributed by atoms with E-state index in [9.17, 15) is 0 Å². The van der Waals surface area contributed by atoms with E-state index in [1.807, 2.05) is 0 Å². The van der Waals surface area contributed by atoms with Crippen LogP contribution in [-0.2, 0) is 0 Å². The van der Waals surface area contributed by atoms with Gasteiger partial charge in [0.2, 0.25) is 0 Å². The highest BCUT2D eigenvalue weighted by Gasteiger charge is 2.27. The summed E-state index contributed by atoms with van der Waals surface area (Å²) in [6, 6.07) is 160. The molecular weight excluding hydrogens is 1400 g/mol. The molecule has 0 amide bonds. The molecule has 22 aromatic carbocycles. The second-order valence-electron chi connectivity index (χ2n) is 30.7. The van der Waals surface area contributed by atoms with E-state index >= 15 is 0 Å². The summed E-state index contributed by atoms with van der Waals surface area (Å²) in [4.78, 5) is 9.47. The molecule has 0 spiro atoms. The molecule has 22 aromatic rings. The van der Waals surface area contributed by atoms with Crippen LogP contribution in [0.3, 0.4) is 0 Å². The smallest absolute Gasteiger partial charge is 0.0473 e. The van der Waals surface area contributed by atoms with Gasteiger partial charge in [-0.1, -0.05) is 291 Å². The number of benzene rings is 22. The fraction of sp³-hybridized carbons (Fsp3) is 0. The number of hydrogen-bond acceptors (Lipinski definition) is 4. The van der Waals surface area contributed by atoms with Crippen LogP contribution < -0.4 is 19.6 Å². The van der Waals surface area contributed by atoms with Crippen LogP contribution in [0, 0.1) is 0 Å². The van der Waals surface area contributed by atoms with Crippen LogP contribution in [0.25, 0.3) is 153 Å². The summed E-state index contributed by atoms with van der Waals surface area (Å²) < 4.78 is 0. The summed E-state index contributed by atoms with van der Waals surface area (Å²) in [5.41, 5.74) is 28.6. The zero-order valence-corrected chi connectivity index (χ0v) is 63.4. The molecule has 0 saturated carbocycles. The molecule has 0 unspecified atom stereocenters. The summed E-state index contributed by atoms with van der Waals surface area (Å²) in [7, 11) is 0. The minimum Gasteiger partial charge on any atom is -0.310 e. The molecule has 4 nitrogen and oxygen atoms in total. The summed E-state index contributed by atoms with van der Waals surface area (Å²) in [6.45, 7) is 0. The lowest BCUT2D eigenvalue weighted by atomic mass is 9.93. The number of anilines is 12. The van der Waals surface area contributed by atoms with Crippen molar-refractivity contribution in [2.45, 2.75) is 0 Å². The normalized spacial score (nSPS) is 11.8. The van der Waals surface area contributed by atoms with Gasteiger partial charge >= 0.3 is 0 Å². The number of para-hydroxylation sites is 4. The van der Waals surface area contributed by atoms with Gasteiger partial charge in [0.1, 0.15) is 0 Å². The minimum absolute atomic E-state index is 1.11. The van der Waals surface area contributed by atoms with Gasteiger partial charge in [-0.2, -0.15) is 0 Å². The minimum atomic E-state index is 1.11. The summed E-state index contributed by atoms with van der Waals surface area (Å²) in [5, 5.41) is 20.8. The molecule has 2 aliphatic rings. The molecule has 0 radical (unpaired) electrons. The standard InChI is InChI=1S/2C56H36N2/c1-3-15-41(16-4-1)57(45-31-33-47-49-19-7-11-39-13-9-21-51(55(39)49)53(47)35-45)43-27-23-37(24-28-43)38-25-29-44(30-26-38)58(42-17-5-2-6-18-42)46-32-34-48-50-20-8-12-40-14-10-22-52(56(40)50)54(48)36-46;1-3-13-47(14-4-1)57(51-33-43-21-17-39-9-7-10-40-18-22-44(34-51)55(43)53(39)40)49-29-25-37(26-30-49)38-27-31-50(32-28-38)58(48-15-5-2-6-16-48)52-35-45-23-19-41-11-8-12-42-20-24-46(36-52)56(45)54(41)42/h2*1-36H. The zero-order valence-electron chi connectivity index (χ0n) is 63.4. The summed E-state index contributed by atoms with van der Waals surface area (Å²) in [6.07, 6.45) is 0. The first-order valence-electron chi connectivity index (χ1n) is 40.0. The number of rotatable bonds is 14. The van der Waals surface area contributed by atoms with Gasteiger partial charge in [-0.15, -0.1) is 0 Å². The van der Waals surface area contributed by atoms with Gasteiger partial charge in [-0.05, 0) is 299 Å². The van der Waals surface area contributed by atoms with Gasteiger partial charge in [-0.25, -0.2) is 0 Å². The van der Waals surface area contributed by atoms with Crippen molar-refractivity contribution in [3.05, 3.63) is 437 Å². The maximum absolute atomic E-state index is 2.37. The predicted octanol–water partition coefficient (Wildman–Crippen LogP) is 32.0. The quantitative estimate of drug-likeness (QED) is 0.101. The molecule has 24 rings (SSSR count). The molecule has 4 heteroatoms. The van der Waals surface area contributed by atoms with E-state index in [4.69, 9.17) is 0 Å². The van der Waals surface area contributed by atoms with Gasteiger partial charge in [0.05, 0.1) is 0 Å². The van der Waals surface area contributed by atoms with Gasteiger partial charge in [0.15, 0.2) is 0 Å². The van der Waals surface area contributed by atoms with Crippen molar-refractivity contribution in [3.63, 3.8) is 0 Å². The molecule has 0 atom stereocenters. The molecule has 540 valence electrons. The monoisotopic (exact) mass is 1470 g/mol. The fourth-order valence-corrected chi connectivity index (χ4v) is 18.9. The Morgan fingerprint density at radius 1 is 0.103 bits per heavy atom. The maximum Gasteiger partial charge on any atom is 0.0473 e. The van der Waals surface area contributed by atoms with E-state index in [0.29, 0.717) is 0 Å². The first-order valence-corrected chi connectivity index (χ1v) is 40.0. The molecule has 0 aromatic heterocycles. The topological polar surface area (TPSA) is 13.0 Å². The highest BCUT2D eigenvalue weighted by Crippen LogP contribution is 2.53. The van der Waals surface area contributed by atoms with E-state index in [0.717, 1.165) is 68.2 Å². The third-order valence-electron chi connectivity index (χ3n) is 24.1. The Balaban J connectivity index is 0.000000137. The first kappa shape index (κ1) is 66.4. The summed E-state index contributed by atoms with van der Waals surface area (Å²) >= 11 is 0. The van der Waals surface area contributed by atoms with E-state index in [-0.39, 0.29) is 0 Å². The van der Waals surface area contributed by atoms with Crippen molar-refractivity contribution in [1.82, 2.24) is 0 Å². The highest BCUT2D eigenvalue weighted by molar-refractivity contribution is 6.26. The van der Waals surface area contributed by atoms with Crippen LogP contribution in [0.15, 0.2) is 437 Å². The zero-order chi connectivity index (χ0) is 76.3. The Morgan fingerprint density at radius 3 is 0.586 bits per heavy atom. The van der Waals surface area contributed by atoms with Crippen molar-refractivity contribution < 1.29 is 0 Å². The van der Waals surface area contributed by atoms with Crippen molar-refractivity contribution in [2.24, 2.45) is 0 Å². The van der Waals surface area contributed by atoms with Gasteiger partial charge in [0, 0.05) is 68.2 Å². The van der Waals surface area contributed by atoms with Crippen LogP contribution in [0.4, 0.5) is 68.2 Å². The lowest BCUT2D eigenvalue weighted by Crippen LogP contribution is -2.10. The Bertz CT molecular complexity index is 6940. The number of hydrogen-bond donors (Lipinski definition) is 0. The largest absolute Gasteiger partial charge is 0.310 e. The molecule has 116 heavy (non-hydrogen) atoms.